The van der Waals surface area contributed by atoms with Crippen LogP contribution in [0.4, 0.5) is 4.79 Å². The Labute approximate surface area is 171 Å². The van der Waals surface area contributed by atoms with E-state index in [0.717, 1.165) is 51.5 Å². The van der Waals surface area contributed by atoms with Crippen molar-refractivity contribution in [2.75, 3.05) is 52.9 Å². The highest BCUT2D eigenvalue weighted by Gasteiger charge is 2.33. The summed E-state index contributed by atoms with van der Waals surface area (Å²) in [5.41, 5.74) is 2.58. The minimum atomic E-state index is -0.269. The molecule has 4 amide bonds. The smallest absolute Gasteiger partial charge is 0.326 e. The summed E-state index contributed by atoms with van der Waals surface area (Å²) in [4.78, 5) is 43.0. The third-order valence-corrected chi connectivity index (χ3v) is 5.89. The number of fused-ring (bicyclic) bond motifs is 1. The molecular weight excluding hydrogens is 372 g/mol. The maximum absolute atomic E-state index is 12.5. The van der Waals surface area contributed by atoms with Crippen molar-refractivity contribution >= 4 is 17.8 Å². The van der Waals surface area contributed by atoms with Crippen LogP contribution in [-0.2, 0) is 22.6 Å². The number of nitrogens with zero attached hydrogens (tertiary/aromatic N) is 4. The topological polar surface area (TPSA) is 73.4 Å². The van der Waals surface area contributed by atoms with E-state index in [1.54, 1.807) is 7.05 Å². The molecule has 4 rings (SSSR count). The second-order valence-corrected chi connectivity index (χ2v) is 7.99. The molecule has 0 bridgehead atoms. The van der Waals surface area contributed by atoms with Crippen molar-refractivity contribution in [2.45, 2.75) is 25.8 Å². The van der Waals surface area contributed by atoms with Gasteiger partial charge in [-0.3, -0.25) is 19.4 Å². The minimum absolute atomic E-state index is 0.103. The average Bonchev–Trinajstić information content (AvgIpc) is 3.27. The van der Waals surface area contributed by atoms with E-state index in [-0.39, 0.29) is 24.4 Å². The third kappa shape index (κ3) is 4.37. The number of amides is 4. The number of carbonyl (C=O) groups is 3. The normalized spacial score (nSPS) is 19.7. The van der Waals surface area contributed by atoms with Crippen LogP contribution in [0.15, 0.2) is 18.2 Å². The largest absolute Gasteiger partial charge is 0.493 e. The van der Waals surface area contributed by atoms with Gasteiger partial charge in [-0.15, -0.1) is 0 Å². The predicted molar refractivity (Wildman–Crippen MR) is 106 cm³/mol. The first-order chi connectivity index (χ1) is 14.0. The van der Waals surface area contributed by atoms with E-state index in [4.69, 9.17) is 4.74 Å². The van der Waals surface area contributed by atoms with Crippen molar-refractivity contribution in [3.05, 3.63) is 29.3 Å². The molecule has 29 heavy (non-hydrogen) atoms. The lowest BCUT2D eigenvalue weighted by atomic mass is 10.1. The summed E-state index contributed by atoms with van der Waals surface area (Å²) in [6.07, 6.45) is 1.86. The maximum atomic E-state index is 12.5. The van der Waals surface area contributed by atoms with Crippen LogP contribution in [0.3, 0.4) is 0 Å². The Morgan fingerprint density at radius 3 is 2.66 bits per heavy atom. The van der Waals surface area contributed by atoms with Gasteiger partial charge in [-0.25, -0.2) is 4.79 Å². The summed E-state index contributed by atoms with van der Waals surface area (Å²) < 4.78 is 5.57. The van der Waals surface area contributed by atoms with Crippen LogP contribution in [0.5, 0.6) is 5.75 Å². The highest BCUT2D eigenvalue weighted by Crippen LogP contribution is 2.26. The molecule has 1 aromatic carbocycles. The lowest BCUT2D eigenvalue weighted by Crippen LogP contribution is -2.48. The summed E-state index contributed by atoms with van der Waals surface area (Å²) in [7, 11) is 1.61. The van der Waals surface area contributed by atoms with Crippen LogP contribution in [0.2, 0.25) is 0 Å². The molecule has 0 saturated carbocycles. The zero-order valence-electron chi connectivity index (χ0n) is 16.9. The molecule has 3 aliphatic rings. The Bertz CT molecular complexity index is 804. The maximum Gasteiger partial charge on any atom is 0.326 e. The van der Waals surface area contributed by atoms with E-state index < -0.39 is 0 Å². The second-order valence-electron chi connectivity index (χ2n) is 7.99. The van der Waals surface area contributed by atoms with Gasteiger partial charge in [-0.2, -0.15) is 0 Å². The number of likely N-dealkylation sites (N-methyl/N-ethyl adjacent to an activating group) is 1. The van der Waals surface area contributed by atoms with Crippen molar-refractivity contribution in [1.29, 1.82) is 0 Å². The van der Waals surface area contributed by atoms with Crippen molar-refractivity contribution in [2.24, 2.45) is 0 Å². The summed E-state index contributed by atoms with van der Waals surface area (Å²) >= 11 is 0. The minimum Gasteiger partial charge on any atom is -0.493 e. The molecule has 3 heterocycles. The van der Waals surface area contributed by atoms with E-state index in [1.807, 2.05) is 4.90 Å². The van der Waals surface area contributed by atoms with Crippen LogP contribution in [0.25, 0.3) is 0 Å². The van der Waals surface area contributed by atoms with Crippen LogP contribution in [0.1, 0.15) is 24.0 Å². The van der Waals surface area contributed by atoms with Gasteiger partial charge in [-0.1, -0.05) is 12.1 Å². The van der Waals surface area contributed by atoms with Gasteiger partial charge < -0.3 is 14.5 Å². The van der Waals surface area contributed by atoms with Crippen LogP contribution in [0, 0.1) is 0 Å². The van der Waals surface area contributed by atoms with Gasteiger partial charge >= 0.3 is 6.03 Å². The van der Waals surface area contributed by atoms with Crippen molar-refractivity contribution in [3.8, 4) is 5.75 Å². The number of urea groups is 1. The third-order valence-electron chi connectivity index (χ3n) is 5.89. The fraction of sp³-hybridized carbons (Fsp3) is 0.571. The molecule has 8 nitrogen and oxygen atoms in total. The van der Waals surface area contributed by atoms with Crippen molar-refractivity contribution < 1.29 is 19.1 Å². The molecule has 0 atom stereocenters. The highest BCUT2D eigenvalue weighted by molar-refractivity contribution is 6.01. The molecule has 2 saturated heterocycles. The number of benzene rings is 1. The Morgan fingerprint density at radius 1 is 1.14 bits per heavy atom. The number of hydrogen-bond acceptors (Lipinski definition) is 5. The van der Waals surface area contributed by atoms with Gasteiger partial charge in [-0.05, 0) is 23.6 Å². The van der Waals surface area contributed by atoms with Crippen LogP contribution >= 0.6 is 0 Å². The zero-order valence-corrected chi connectivity index (χ0v) is 16.9. The highest BCUT2D eigenvalue weighted by atomic mass is 16.5. The van der Waals surface area contributed by atoms with E-state index in [1.165, 1.54) is 20.9 Å². The van der Waals surface area contributed by atoms with E-state index in [0.29, 0.717) is 19.4 Å². The first-order valence-electron chi connectivity index (χ1n) is 10.3. The van der Waals surface area contributed by atoms with Gasteiger partial charge in [0.15, 0.2) is 0 Å². The first kappa shape index (κ1) is 19.7. The van der Waals surface area contributed by atoms with Crippen molar-refractivity contribution in [3.63, 3.8) is 0 Å². The molecule has 0 spiro atoms. The number of ether oxygens (including phenoxy) is 1. The molecule has 3 aliphatic heterocycles. The number of imide groups is 1. The van der Waals surface area contributed by atoms with Gasteiger partial charge in [0, 0.05) is 59.2 Å². The molecule has 1 aromatic rings. The molecule has 0 aliphatic carbocycles. The Hall–Kier alpha value is -2.61. The van der Waals surface area contributed by atoms with Crippen LogP contribution < -0.4 is 4.74 Å². The standard InChI is InChI=1S/C21H28N4O4/c1-22-15-20(27)25(21(22)28)7-2-3-19(26)24-10-8-23(9-11-24)14-16-4-5-18-17(13-16)6-12-29-18/h4-5,13H,2-3,6-12,14-15H2,1H3. The molecule has 0 N–H and O–H groups in total. The summed E-state index contributed by atoms with van der Waals surface area (Å²) in [5, 5.41) is 0. The Balaban J connectivity index is 1.19. The van der Waals surface area contributed by atoms with Gasteiger partial charge in [0.1, 0.15) is 12.3 Å². The van der Waals surface area contributed by atoms with E-state index in [9.17, 15) is 14.4 Å². The molecule has 0 unspecified atom stereocenters. The summed E-state index contributed by atoms with van der Waals surface area (Å²) in [5.74, 6) is 0.927. The fourth-order valence-electron chi connectivity index (χ4n) is 4.19. The van der Waals surface area contributed by atoms with Crippen LogP contribution in [-0.4, -0.2) is 90.4 Å². The lowest BCUT2D eigenvalue weighted by Gasteiger charge is -2.35. The Morgan fingerprint density at radius 2 is 1.93 bits per heavy atom. The van der Waals surface area contributed by atoms with E-state index in [2.05, 4.69) is 23.1 Å². The monoisotopic (exact) mass is 400 g/mol. The molecular formula is C21H28N4O4. The first-order valence-corrected chi connectivity index (χ1v) is 10.3. The van der Waals surface area contributed by atoms with Gasteiger partial charge in [0.2, 0.25) is 11.8 Å². The number of carbonyl (C=O) groups excluding carboxylic acids is 3. The Kier molecular flexibility index (Phi) is 5.71. The second kappa shape index (κ2) is 8.41. The summed E-state index contributed by atoms with van der Waals surface area (Å²) in [6.45, 7) is 5.26. The molecule has 2 fully saturated rings. The SMILES string of the molecule is CN1CC(=O)N(CCCC(=O)N2CCN(Cc3ccc4c(c3)CCO4)CC2)C1=O. The molecule has 0 aromatic heterocycles. The van der Waals surface area contributed by atoms with Gasteiger partial charge in [0.25, 0.3) is 0 Å². The quantitative estimate of drug-likeness (QED) is 0.665. The predicted octanol–water partition coefficient (Wildman–Crippen LogP) is 0.940. The summed E-state index contributed by atoms with van der Waals surface area (Å²) in [6, 6.07) is 6.15. The molecule has 8 heteroatoms. The zero-order chi connectivity index (χ0) is 20.4. The van der Waals surface area contributed by atoms with Gasteiger partial charge in [0.05, 0.1) is 6.61 Å². The number of hydrogen-bond donors (Lipinski definition) is 0. The lowest BCUT2D eigenvalue weighted by molar-refractivity contribution is -0.133. The number of rotatable bonds is 6. The number of piperazine rings is 1. The van der Waals surface area contributed by atoms with E-state index >= 15 is 0 Å². The molecule has 156 valence electrons. The fourth-order valence-corrected chi connectivity index (χ4v) is 4.19. The van der Waals surface area contributed by atoms with Crippen molar-refractivity contribution in [1.82, 2.24) is 19.6 Å². The average molecular weight is 400 g/mol. The molecule has 0 radical (unpaired) electrons.